The average molecular weight is 374 g/mol. The molecule has 122 valence electrons. The molecule has 0 atom stereocenters. The van der Waals surface area contributed by atoms with Crippen molar-refractivity contribution in [2.45, 2.75) is 39.8 Å². The third kappa shape index (κ3) is 7.31. The molecule has 0 unspecified atom stereocenters. The fraction of sp³-hybridized carbons (Fsp3) is 0.467. The largest absolute Gasteiger partial charge is 0.456 e. The molecule has 0 bridgehead atoms. The highest BCUT2D eigenvalue weighted by molar-refractivity contribution is 9.10. The molecule has 0 fully saturated rings. The Kier molecular flexibility index (Phi) is 6.67. The number of benzene rings is 1. The van der Waals surface area contributed by atoms with E-state index >= 15 is 0 Å². The maximum Gasteiger partial charge on any atom is 0.407 e. The van der Waals surface area contributed by atoms with Crippen LogP contribution < -0.4 is 10.1 Å². The summed E-state index contributed by atoms with van der Waals surface area (Å²) in [5, 5.41) is 2.67. The lowest BCUT2D eigenvalue weighted by molar-refractivity contribution is -0.147. The molecule has 0 heterocycles. The maximum absolute atomic E-state index is 11.6. The third-order valence-corrected chi connectivity index (χ3v) is 2.93. The molecule has 1 amide bonds. The first kappa shape index (κ1) is 18.3. The quantitative estimate of drug-likeness (QED) is 0.632. The van der Waals surface area contributed by atoms with Gasteiger partial charge in [-0.1, -0.05) is 6.07 Å². The number of carbonyl (C=O) groups is 2. The summed E-state index contributed by atoms with van der Waals surface area (Å²) < 4.78 is 15.8. The maximum atomic E-state index is 11.6. The summed E-state index contributed by atoms with van der Waals surface area (Å²) in [5.41, 5.74) is 0.344. The molecule has 0 saturated heterocycles. The smallest absolute Gasteiger partial charge is 0.407 e. The van der Waals surface area contributed by atoms with Gasteiger partial charge in [0.25, 0.3) is 0 Å². The number of hydrogen-bond acceptors (Lipinski definition) is 5. The van der Waals surface area contributed by atoms with E-state index < -0.39 is 17.7 Å². The van der Waals surface area contributed by atoms with Gasteiger partial charge in [0.2, 0.25) is 6.79 Å². The summed E-state index contributed by atoms with van der Waals surface area (Å²) in [6, 6.07) is 5.32. The van der Waals surface area contributed by atoms with Crippen molar-refractivity contribution in [2.24, 2.45) is 0 Å². The van der Waals surface area contributed by atoms with Crippen LogP contribution in [0.15, 0.2) is 22.7 Å². The second-order valence-corrected chi connectivity index (χ2v) is 6.37. The van der Waals surface area contributed by atoms with E-state index in [1.165, 1.54) is 6.92 Å². The van der Waals surface area contributed by atoms with Gasteiger partial charge in [0, 0.05) is 13.5 Å². The SMILES string of the molecule is CC(=O)OCOc1ccc(CNC(=O)OC(C)(C)C)cc1Br. The normalized spacial score (nSPS) is 10.8. The fourth-order valence-corrected chi connectivity index (χ4v) is 1.98. The third-order valence-electron chi connectivity index (χ3n) is 2.31. The second-order valence-electron chi connectivity index (χ2n) is 5.52. The lowest BCUT2D eigenvalue weighted by Gasteiger charge is -2.19. The Morgan fingerprint density at radius 1 is 1.27 bits per heavy atom. The van der Waals surface area contributed by atoms with Crippen LogP contribution in [0, 0.1) is 0 Å². The van der Waals surface area contributed by atoms with E-state index in [2.05, 4.69) is 21.2 Å². The van der Waals surface area contributed by atoms with E-state index in [1.807, 2.05) is 0 Å². The van der Waals surface area contributed by atoms with E-state index in [1.54, 1.807) is 39.0 Å². The van der Waals surface area contributed by atoms with Crippen molar-refractivity contribution in [2.75, 3.05) is 6.79 Å². The van der Waals surface area contributed by atoms with Crippen LogP contribution in [0.5, 0.6) is 5.75 Å². The van der Waals surface area contributed by atoms with E-state index in [0.29, 0.717) is 16.8 Å². The molecule has 0 radical (unpaired) electrons. The van der Waals surface area contributed by atoms with E-state index in [4.69, 9.17) is 14.2 Å². The van der Waals surface area contributed by atoms with Gasteiger partial charge in [-0.15, -0.1) is 0 Å². The number of esters is 1. The summed E-state index contributed by atoms with van der Waals surface area (Å²) in [6.45, 7) is 6.90. The molecule has 0 saturated carbocycles. The van der Waals surface area contributed by atoms with Crippen LogP contribution in [0.25, 0.3) is 0 Å². The number of hydrogen-bond donors (Lipinski definition) is 1. The van der Waals surface area contributed by atoms with Gasteiger partial charge in [-0.05, 0) is 54.4 Å². The Morgan fingerprint density at radius 2 is 1.95 bits per heavy atom. The van der Waals surface area contributed by atoms with Gasteiger partial charge < -0.3 is 19.5 Å². The molecule has 0 spiro atoms. The van der Waals surface area contributed by atoms with E-state index in [9.17, 15) is 9.59 Å². The Bertz CT molecular complexity index is 539. The minimum atomic E-state index is -0.529. The highest BCUT2D eigenvalue weighted by Crippen LogP contribution is 2.26. The first-order chi connectivity index (χ1) is 10.2. The number of halogens is 1. The van der Waals surface area contributed by atoms with E-state index in [0.717, 1.165) is 5.56 Å². The van der Waals surface area contributed by atoms with Crippen molar-refractivity contribution < 1.29 is 23.8 Å². The molecule has 1 rings (SSSR count). The lowest BCUT2D eigenvalue weighted by atomic mass is 10.2. The molecule has 1 aromatic rings. The van der Waals surface area contributed by atoms with Crippen molar-refractivity contribution in [1.29, 1.82) is 0 Å². The van der Waals surface area contributed by atoms with Crippen molar-refractivity contribution in [1.82, 2.24) is 5.32 Å². The predicted octanol–water partition coefficient (Wildman–Crippen LogP) is 3.37. The number of nitrogens with one attached hydrogen (secondary N) is 1. The molecule has 0 aliphatic rings. The Morgan fingerprint density at radius 3 is 2.50 bits per heavy atom. The Labute approximate surface area is 138 Å². The van der Waals surface area contributed by atoms with Crippen LogP contribution in [0.4, 0.5) is 4.79 Å². The molecule has 0 aromatic heterocycles. The monoisotopic (exact) mass is 373 g/mol. The van der Waals surface area contributed by atoms with Crippen molar-refractivity contribution in [3.63, 3.8) is 0 Å². The molecule has 6 nitrogen and oxygen atoms in total. The molecule has 0 aliphatic carbocycles. The molecule has 1 aromatic carbocycles. The summed E-state index contributed by atoms with van der Waals surface area (Å²) in [7, 11) is 0. The van der Waals surface area contributed by atoms with Gasteiger partial charge in [0.05, 0.1) is 4.47 Å². The summed E-state index contributed by atoms with van der Waals surface area (Å²) in [4.78, 5) is 22.2. The second kappa shape index (κ2) is 8.03. The zero-order valence-electron chi connectivity index (χ0n) is 13.1. The standard InChI is InChI=1S/C15H20BrNO5/c1-10(18)20-9-21-13-6-5-11(7-12(13)16)8-17-14(19)22-15(2,3)4/h5-7H,8-9H2,1-4H3,(H,17,19). The first-order valence-electron chi connectivity index (χ1n) is 6.69. The van der Waals surface area contributed by atoms with Crippen LogP contribution in [0.2, 0.25) is 0 Å². The predicted molar refractivity (Wildman–Crippen MR) is 84.5 cm³/mol. The molecule has 22 heavy (non-hydrogen) atoms. The van der Waals surface area contributed by atoms with Crippen LogP contribution in [0.3, 0.4) is 0 Å². The molecular weight excluding hydrogens is 354 g/mol. The topological polar surface area (TPSA) is 73.9 Å². The Balaban J connectivity index is 2.51. The highest BCUT2D eigenvalue weighted by atomic mass is 79.9. The van der Waals surface area contributed by atoms with Gasteiger partial charge in [-0.2, -0.15) is 0 Å². The van der Waals surface area contributed by atoms with Crippen LogP contribution in [-0.4, -0.2) is 24.5 Å². The molecular formula is C15H20BrNO5. The number of carbonyl (C=O) groups excluding carboxylic acids is 2. The van der Waals surface area contributed by atoms with Gasteiger partial charge in [0.15, 0.2) is 0 Å². The van der Waals surface area contributed by atoms with Gasteiger partial charge >= 0.3 is 12.1 Å². The number of ether oxygens (including phenoxy) is 3. The number of alkyl carbamates (subject to hydrolysis) is 1. The average Bonchev–Trinajstić information content (AvgIpc) is 2.36. The number of amides is 1. The highest BCUT2D eigenvalue weighted by Gasteiger charge is 2.15. The minimum Gasteiger partial charge on any atom is -0.456 e. The van der Waals surface area contributed by atoms with Crippen molar-refractivity contribution in [3.8, 4) is 5.75 Å². The summed E-state index contributed by atoms with van der Waals surface area (Å²) >= 11 is 3.36. The molecule has 1 N–H and O–H groups in total. The molecule has 7 heteroatoms. The van der Waals surface area contributed by atoms with Crippen molar-refractivity contribution in [3.05, 3.63) is 28.2 Å². The molecule has 0 aliphatic heterocycles. The van der Waals surface area contributed by atoms with E-state index in [-0.39, 0.29) is 6.79 Å². The fourth-order valence-electron chi connectivity index (χ4n) is 1.44. The van der Waals surface area contributed by atoms with Crippen LogP contribution in [0.1, 0.15) is 33.3 Å². The van der Waals surface area contributed by atoms with Gasteiger partial charge in [-0.3, -0.25) is 4.79 Å². The first-order valence-corrected chi connectivity index (χ1v) is 7.48. The number of rotatable bonds is 5. The zero-order chi connectivity index (χ0) is 16.8. The summed E-state index contributed by atoms with van der Waals surface area (Å²) in [6.07, 6.45) is -0.473. The summed E-state index contributed by atoms with van der Waals surface area (Å²) in [5.74, 6) is 0.136. The van der Waals surface area contributed by atoms with Crippen LogP contribution in [-0.2, 0) is 20.8 Å². The van der Waals surface area contributed by atoms with Gasteiger partial charge in [0.1, 0.15) is 11.4 Å². The van der Waals surface area contributed by atoms with Crippen LogP contribution >= 0.6 is 15.9 Å². The Hall–Kier alpha value is -1.76. The minimum absolute atomic E-state index is 0.149. The van der Waals surface area contributed by atoms with Crippen molar-refractivity contribution >= 4 is 28.0 Å². The lowest BCUT2D eigenvalue weighted by Crippen LogP contribution is -2.32. The van der Waals surface area contributed by atoms with Gasteiger partial charge in [-0.25, -0.2) is 4.79 Å². The zero-order valence-corrected chi connectivity index (χ0v) is 14.7.